The fourth-order valence-corrected chi connectivity index (χ4v) is 2.78. The minimum Gasteiger partial charge on any atom is -0.233 e. The molecule has 3 nitrogen and oxygen atoms in total. The van der Waals surface area contributed by atoms with Gasteiger partial charge in [-0.1, -0.05) is 29.8 Å². The first-order chi connectivity index (χ1) is 10.3. The standard InChI is InChI=1S/C15H11BrF3N3/c1-8-3-5-10(6-4-8)13-12(16)14-20-9(2)7-11(15(17,18)19)22(14)21-13/h3-7H,1-2H3. The van der Waals surface area contributed by atoms with Crippen LogP contribution < -0.4 is 0 Å². The highest BCUT2D eigenvalue weighted by atomic mass is 79.9. The third-order valence-corrected chi connectivity index (χ3v) is 4.01. The van der Waals surface area contributed by atoms with Gasteiger partial charge >= 0.3 is 6.18 Å². The summed E-state index contributed by atoms with van der Waals surface area (Å²) < 4.78 is 40.9. The van der Waals surface area contributed by atoms with Gasteiger partial charge in [0.15, 0.2) is 5.65 Å². The van der Waals surface area contributed by atoms with Crippen LogP contribution in [0.3, 0.4) is 0 Å². The van der Waals surface area contributed by atoms with Crippen LogP contribution in [0.15, 0.2) is 34.8 Å². The Bertz CT molecular complexity index is 851. The normalized spacial score (nSPS) is 12.1. The number of halogens is 4. The Kier molecular flexibility index (Phi) is 3.47. The summed E-state index contributed by atoms with van der Waals surface area (Å²) in [6.07, 6.45) is -4.50. The van der Waals surface area contributed by atoms with Crippen molar-refractivity contribution in [2.24, 2.45) is 0 Å². The van der Waals surface area contributed by atoms with Gasteiger partial charge in [0.05, 0.1) is 4.47 Å². The summed E-state index contributed by atoms with van der Waals surface area (Å²) in [7, 11) is 0. The molecule has 114 valence electrons. The van der Waals surface area contributed by atoms with Crippen molar-refractivity contribution in [1.29, 1.82) is 0 Å². The van der Waals surface area contributed by atoms with E-state index in [0.717, 1.165) is 21.7 Å². The van der Waals surface area contributed by atoms with Crippen molar-refractivity contribution in [2.75, 3.05) is 0 Å². The number of aryl methyl sites for hydroxylation is 2. The molecule has 2 aromatic heterocycles. The maximum Gasteiger partial charge on any atom is 0.433 e. The molecule has 3 rings (SSSR count). The predicted octanol–water partition coefficient (Wildman–Crippen LogP) is 4.79. The lowest BCUT2D eigenvalue weighted by atomic mass is 10.1. The number of aromatic nitrogens is 3. The summed E-state index contributed by atoms with van der Waals surface area (Å²) in [6, 6.07) is 8.40. The van der Waals surface area contributed by atoms with Crippen molar-refractivity contribution in [2.45, 2.75) is 20.0 Å². The molecule has 7 heteroatoms. The van der Waals surface area contributed by atoms with Gasteiger partial charge < -0.3 is 0 Å². The SMILES string of the molecule is Cc1ccc(-c2nn3c(C(F)(F)F)cc(C)nc3c2Br)cc1. The van der Waals surface area contributed by atoms with Crippen LogP contribution in [-0.4, -0.2) is 14.6 Å². The van der Waals surface area contributed by atoms with Gasteiger partial charge in [-0.05, 0) is 35.8 Å². The van der Waals surface area contributed by atoms with Gasteiger partial charge in [0, 0.05) is 11.3 Å². The second-order valence-electron chi connectivity index (χ2n) is 5.04. The summed E-state index contributed by atoms with van der Waals surface area (Å²) in [5.41, 5.74) is 1.83. The molecular weight excluding hydrogens is 359 g/mol. The van der Waals surface area contributed by atoms with Gasteiger partial charge in [-0.25, -0.2) is 9.50 Å². The van der Waals surface area contributed by atoms with Crippen molar-refractivity contribution in [1.82, 2.24) is 14.6 Å². The van der Waals surface area contributed by atoms with E-state index in [4.69, 9.17) is 0 Å². The minimum atomic E-state index is -4.50. The maximum atomic E-state index is 13.2. The third kappa shape index (κ3) is 2.49. The van der Waals surface area contributed by atoms with E-state index in [-0.39, 0.29) is 11.3 Å². The lowest BCUT2D eigenvalue weighted by molar-refractivity contribution is -0.142. The average molecular weight is 370 g/mol. The Balaban J connectivity index is 2.31. The molecule has 0 fully saturated rings. The molecule has 0 bridgehead atoms. The van der Waals surface area contributed by atoms with E-state index in [9.17, 15) is 13.2 Å². The number of rotatable bonds is 1. The largest absolute Gasteiger partial charge is 0.433 e. The number of hydrogen-bond donors (Lipinski definition) is 0. The topological polar surface area (TPSA) is 30.2 Å². The second kappa shape index (κ2) is 5.08. The van der Waals surface area contributed by atoms with Gasteiger partial charge in [-0.2, -0.15) is 18.3 Å². The summed E-state index contributed by atoms with van der Waals surface area (Å²) in [5, 5.41) is 4.11. The van der Waals surface area contributed by atoms with Crippen molar-refractivity contribution < 1.29 is 13.2 Å². The predicted molar refractivity (Wildman–Crippen MR) is 80.6 cm³/mol. The molecule has 2 heterocycles. The van der Waals surface area contributed by atoms with E-state index in [2.05, 4.69) is 26.0 Å². The Morgan fingerprint density at radius 3 is 2.32 bits per heavy atom. The zero-order valence-corrected chi connectivity index (χ0v) is 13.3. The van der Waals surface area contributed by atoms with Crippen molar-refractivity contribution in [3.8, 4) is 11.3 Å². The van der Waals surface area contributed by atoms with Crippen LogP contribution in [0.2, 0.25) is 0 Å². The molecular formula is C15H11BrF3N3. The Morgan fingerprint density at radius 1 is 1.09 bits per heavy atom. The summed E-state index contributed by atoms with van der Waals surface area (Å²) in [6.45, 7) is 3.47. The molecule has 0 saturated heterocycles. The lowest BCUT2D eigenvalue weighted by Crippen LogP contribution is -2.13. The van der Waals surface area contributed by atoms with E-state index in [1.165, 1.54) is 6.92 Å². The highest BCUT2D eigenvalue weighted by molar-refractivity contribution is 9.10. The molecule has 0 amide bonds. The van der Waals surface area contributed by atoms with Crippen molar-refractivity contribution >= 4 is 21.6 Å². The van der Waals surface area contributed by atoms with E-state index < -0.39 is 11.9 Å². The molecule has 0 unspecified atom stereocenters. The van der Waals surface area contributed by atoms with Crippen molar-refractivity contribution in [3.05, 3.63) is 51.8 Å². The number of benzene rings is 1. The summed E-state index contributed by atoms with van der Waals surface area (Å²) in [5.74, 6) is 0. The molecule has 0 radical (unpaired) electrons. The lowest BCUT2D eigenvalue weighted by Gasteiger charge is -2.09. The number of alkyl halides is 3. The number of hydrogen-bond acceptors (Lipinski definition) is 2. The maximum absolute atomic E-state index is 13.2. The Morgan fingerprint density at radius 2 is 1.73 bits per heavy atom. The van der Waals surface area contributed by atoms with Gasteiger partial charge in [0.2, 0.25) is 0 Å². The molecule has 0 aliphatic carbocycles. The van der Waals surface area contributed by atoms with E-state index in [1.807, 2.05) is 31.2 Å². The molecule has 0 N–H and O–H groups in total. The molecule has 3 aromatic rings. The summed E-state index contributed by atoms with van der Waals surface area (Å²) in [4.78, 5) is 4.17. The van der Waals surface area contributed by atoms with Crippen LogP contribution >= 0.6 is 15.9 Å². The van der Waals surface area contributed by atoms with E-state index in [0.29, 0.717) is 10.2 Å². The van der Waals surface area contributed by atoms with Gasteiger partial charge in [-0.15, -0.1) is 0 Å². The van der Waals surface area contributed by atoms with Crippen LogP contribution in [-0.2, 0) is 6.18 Å². The van der Waals surface area contributed by atoms with Crippen LogP contribution in [0.25, 0.3) is 16.9 Å². The zero-order chi connectivity index (χ0) is 16.1. The first-order valence-electron chi connectivity index (χ1n) is 6.47. The molecule has 0 spiro atoms. The Labute approximate surface area is 132 Å². The second-order valence-corrected chi connectivity index (χ2v) is 5.84. The quantitative estimate of drug-likeness (QED) is 0.616. The van der Waals surface area contributed by atoms with E-state index >= 15 is 0 Å². The fourth-order valence-electron chi connectivity index (χ4n) is 2.21. The molecule has 0 aliphatic heterocycles. The number of nitrogens with zero attached hydrogens (tertiary/aromatic N) is 3. The summed E-state index contributed by atoms with van der Waals surface area (Å²) >= 11 is 3.33. The first kappa shape index (κ1) is 15.0. The molecule has 0 saturated carbocycles. The van der Waals surface area contributed by atoms with Crippen LogP contribution in [0.4, 0.5) is 13.2 Å². The van der Waals surface area contributed by atoms with Gasteiger partial charge in [0.1, 0.15) is 11.4 Å². The third-order valence-electron chi connectivity index (χ3n) is 3.28. The van der Waals surface area contributed by atoms with Crippen molar-refractivity contribution in [3.63, 3.8) is 0 Å². The highest BCUT2D eigenvalue weighted by Crippen LogP contribution is 2.35. The molecule has 1 aromatic carbocycles. The monoisotopic (exact) mass is 369 g/mol. The molecule has 22 heavy (non-hydrogen) atoms. The molecule has 0 aliphatic rings. The van der Waals surface area contributed by atoms with E-state index in [1.54, 1.807) is 0 Å². The Hall–Kier alpha value is -1.89. The smallest absolute Gasteiger partial charge is 0.233 e. The molecule has 0 atom stereocenters. The minimum absolute atomic E-state index is 0.155. The van der Waals surface area contributed by atoms with Crippen LogP contribution in [0.5, 0.6) is 0 Å². The number of fused-ring (bicyclic) bond motifs is 1. The van der Waals surface area contributed by atoms with Gasteiger partial charge in [-0.3, -0.25) is 0 Å². The highest BCUT2D eigenvalue weighted by Gasteiger charge is 2.35. The zero-order valence-electron chi connectivity index (χ0n) is 11.7. The average Bonchev–Trinajstić information content (AvgIpc) is 2.75. The first-order valence-corrected chi connectivity index (χ1v) is 7.27. The fraction of sp³-hybridized carbons (Fsp3) is 0.200. The van der Waals surface area contributed by atoms with Crippen LogP contribution in [0.1, 0.15) is 17.0 Å². The van der Waals surface area contributed by atoms with Crippen LogP contribution in [0, 0.1) is 13.8 Å². The van der Waals surface area contributed by atoms with Gasteiger partial charge in [0.25, 0.3) is 0 Å².